The lowest BCUT2D eigenvalue weighted by atomic mass is 9.93. The van der Waals surface area contributed by atoms with Gasteiger partial charge in [0.15, 0.2) is 5.78 Å². The number of rotatable bonds is 4. The average molecular weight is 263 g/mol. The van der Waals surface area contributed by atoms with E-state index in [0.29, 0.717) is 19.0 Å². The van der Waals surface area contributed by atoms with Crippen molar-refractivity contribution in [2.45, 2.75) is 39.2 Å². The predicted molar refractivity (Wildman–Crippen MR) is 74.5 cm³/mol. The largest absolute Gasteiger partial charge is 0.298 e. The topological polar surface area (TPSA) is 20.3 Å². The minimum atomic E-state index is -0.255. The molecule has 0 N–H and O–H groups in total. The van der Waals surface area contributed by atoms with Crippen molar-refractivity contribution in [2.75, 3.05) is 13.1 Å². The molecule has 0 saturated carbocycles. The second-order valence-corrected chi connectivity index (χ2v) is 5.79. The van der Waals surface area contributed by atoms with Gasteiger partial charge in [-0.05, 0) is 49.9 Å². The molecule has 1 aromatic carbocycles. The lowest BCUT2D eigenvalue weighted by Gasteiger charge is -2.36. The first-order valence-electron chi connectivity index (χ1n) is 7.05. The molecule has 1 aliphatic heterocycles. The van der Waals surface area contributed by atoms with Gasteiger partial charge in [-0.15, -0.1) is 0 Å². The maximum absolute atomic E-state index is 12.8. The number of nitrogens with zero attached hydrogens (tertiary/aromatic N) is 1. The first-order valence-corrected chi connectivity index (χ1v) is 7.05. The Labute approximate surface area is 114 Å². The second kappa shape index (κ2) is 6.29. The summed E-state index contributed by atoms with van der Waals surface area (Å²) in [4.78, 5) is 14.3. The molecule has 0 spiro atoms. The smallest absolute Gasteiger partial charge is 0.151 e. The SMILES string of the molecule is CC1CCN(CC(=O)Cc2ccc(F)cc2)C(C)C1. The Bertz CT molecular complexity index is 429. The highest BCUT2D eigenvalue weighted by atomic mass is 19.1. The molecule has 1 aromatic rings. The molecule has 0 amide bonds. The lowest BCUT2D eigenvalue weighted by molar-refractivity contribution is -0.120. The first-order chi connectivity index (χ1) is 9.04. The Morgan fingerprint density at radius 3 is 2.63 bits per heavy atom. The number of carbonyl (C=O) groups is 1. The normalized spacial score (nSPS) is 24.4. The van der Waals surface area contributed by atoms with E-state index >= 15 is 0 Å². The van der Waals surface area contributed by atoms with E-state index in [1.165, 1.54) is 25.0 Å². The van der Waals surface area contributed by atoms with Crippen molar-refractivity contribution in [1.82, 2.24) is 4.90 Å². The predicted octanol–water partition coefficient (Wildman–Crippen LogP) is 3.06. The summed E-state index contributed by atoms with van der Waals surface area (Å²) in [5.41, 5.74) is 0.893. The number of likely N-dealkylation sites (tertiary alicyclic amines) is 1. The number of ketones is 1. The van der Waals surface area contributed by atoms with Gasteiger partial charge < -0.3 is 0 Å². The molecule has 104 valence electrons. The van der Waals surface area contributed by atoms with Crippen LogP contribution in [0.5, 0.6) is 0 Å². The van der Waals surface area contributed by atoms with Crippen molar-refractivity contribution in [3.8, 4) is 0 Å². The Morgan fingerprint density at radius 2 is 2.00 bits per heavy atom. The van der Waals surface area contributed by atoms with E-state index in [4.69, 9.17) is 0 Å². The minimum absolute atomic E-state index is 0.216. The Kier molecular flexibility index (Phi) is 4.70. The van der Waals surface area contributed by atoms with Crippen LogP contribution in [-0.2, 0) is 11.2 Å². The third kappa shape index (κ3) is 4.13. The summed E-state index contributed by atoms with van der Waals surface area (Å²) in [6.07, 6.45) is 2.75. The fraction of sp³-hybridized carbons (Fsp3) is 0.562. The van der Waals surface area contributed by atoms with Crippen LogP contribution in [0.15, 0.2) is 24.3 Å². The van der Waals surface area contributed by atoms with Gasteiger partial charge in [-0.3, -0.25) is 9.69 Å². The molecule has 19 heavy (non-hydrogen) atoms. The van der Waals surface area contributed by atoms with Crippen molar-refractivity contribution in [3.05, 3.63) is 35.6 Å². The van der Waals surface area contributed by atoms with E-state index in [9.17, 15) is 9.18 Å². The third-order valence-corrected chi connectivity index (χ3v) is 3.97. The van der Waals surface area contributed by atoms with Gasteiger partial charge in [0.1, 0.15) is 5.82 Å². The second-order valence-electron chi connectivity index (χ2n) is 5.79. The maximum Gasteiger partial charge on any atom is 0.151 e. The number of halogens is 1. The number of Topliss-reactive ketones (excluding diaryl/α,β-unsaturated/α-hetero) is 1. The van der Waals surface area contributed by atoms with Crippen LogP contribution in [0.3, 0.4) is 0 Å². The highest BCUT2D eigenvalue weighted by Crippen LogP contribution is 2.21. The van der Waals surface area contributed by atoms with Crippen molar-refractivity contribution in [2.24, 2.45) is 5.92 Å². The molecule has 2 unspecified atom stereocenters. The highest BCUT2D eigenvalue weighted by molar-refractivity contribution is 5.82. The van der Waals surface area contributed by atoms with E-state index < -0.39 is 0 Å². The molecular weight excluding hydrogens is 241 g/mol. The Hall–Kier alpha value is -1.22. The van der Waals surface area contributed by atoms with Gasteiger partial charge in [0.25, 0.3) is 0 Å². The van der Waals surface area contributed by atoms with Crippen LogP contribution in [-0.4, -0.2) is 29.8 Å². The fourth-order valence-electron chi connectivity index (χ4n) is 2.80. The first kappa shape index (κ1) is 14.2. The monoisotopic (exact) mass is 263 g/mol. The number of carbonyl (C=O) groups excluding carboxylic acids is 1. The van der Waals surface area contributed by atoms with Crippen molar-refractivity contribution >= 4 is 5.78 Å². The van der Waals surface area contributed by atoms with Crippen LogP contribution in [0, 0.1) is 11.7 Å². The van der Waals surface area contributed by atoms with E-state index in [1.807, 2.05) is 0 Å². The number of hydrogen-bond donors (Lipinski definition) is 0. The van der Waals surface area contributed by atoms with Gasteiger partial charge in [-0.25, -0.2) is 4.39 Å². The highest BCUT2D eigenvalue weighted by Gasteiger charge is 2.24. The van der Waals surface area contributed by atoms with Crippen molar-refractivity contribution in [3.63, 3.8) is 0 Å². The van der Waals surface area contributed by atoms with Crippen LogP contribution >= 0.6 is 0 Å². The molecule has 0 radical (unpaired) electrons. The van der Waals surface area contributed by atoms with Gasteiger partial charge in [-0.2, -0.15) is 0 Å². The summed E-state index contributed by atoms with van der Waals surface area (Å²) in [6, 6.07) is 6.69. The maximum atomic E-state index is 12.8. The minimum Gasteiger partial charge on any atom is -0.298 e. The zero-order valence-electron chi connectivity index (χ0n) is 11.7. The summed E-state index contributed by atoms with van der Waals surface area (Å²) in [7, 11) is 0. The summed E-state index contributed by atoms with van der Waals surface area (Å²) in [6.45, 7) is 6.00. The lowest BCUT2D eigenvalue weighted by Crippen LogP contribution is -2.43. The number of benzene rings is 1. The van der Waals surface area contributed by atoms with Crippen LogP contribution < -0.4 is 0 Å². The zero-order chi connectivity index (χ0) is 13.8. The molecule has 0 aromatic heterocycles. The zero-order valence-corrected chi connectivity index (χ0v) is 11.7. The van der Waals surface area contributed by atoms with Crippen LogP contribution in [0.2, 0.25) is 0 Å². The van der Waals surface area contributed by atoms with E-state index in [0.717, 1.165) is 18.0 Å². The Morgan fingerprint density at radius 1 is 1.32 bits per heavy atom. The molecule has 0 bridgehead atoms. The van der Waals surface area contributed by atoms with E-state index in [1.54, 1.807) is 12.1 Å². The standard InChI is InChI=1S/C16H22FNO/c1-12-7-8-18(13(2)9-12)11-16(19)10-14-3-5-15(17)6-4-14/h3-6,12-13H,7-11H2,1-2H3. The Balaban J connectivity index is 1.85. The molecule has 1 saturated heterocycles. The van der Waals surface area contributed by atoms with Gasteiger partial charge in [0.05, 0.1) is 6.54 Å². The molecule has 2 atom stereocenters. The number of piperidine rings is 1. The van der Waals surface area contributed by atoms with Gasteiger partial charge in [0.2, 0.25) is 0 Å². The van der Waals surface area contributed by atoms with Gasteiger partial charge >= 0.3 is 0 Å². The van der Waals surface area contributed by atoms with Crippen LogP contribution in [0.25, 0.3) is 0 Å². The third-order valence-electron chi connectivity index (χ3n) is 3.97. The molecule has 0 aliphatic carbocycles. The fourth-order valence-corrected chi connectivity index (χ4v) is 2.80. The van der Waals surface area contributed by atoms with E-state index in [-0.39, 0.29) is 11.6 Å². The quantitative estimate of drug-likeness (QED) is 0.832. The van der Waals surface area contributed by atoms with Crippen LogP contribution in [0.1, 0.15) is 32.3 Å². The number of hydrogen-bond acceptors (Lipinski definition) is 2. The van der Waals surface area contributed by atoms with Gasteiger partial charge in [0, 0.05) is 12.5 Å². The van der Waals surface area contributed by atoms with Crippen molar-refractivity contribution < 1.29 is 9.18 Å². The molecule has 2 rings (SSSR count). The summed E-state index contributed by atoms with van der Waals surface area (Å²) in [5.74, 6) is 0.723. The van der Waals surface area contributed by atoms with Crippen molar-refractivity contribution in [1.29, 1.82) is 0 Å². The van der Waals surface area contributed by atoms with Gasteiger partial charge in [-0.1, -0.05) is 19.1 Å². The molecule has 3 heteroatoms. The summed E-state index contributed by atoms with van der Waals surface area (Å²) in [5, 5.41) is 0. The molecule has 1 heterocycles. The average Bonchev–Trinajstić information content (AvgIpc) is 2.36. The summed E-state index contributed by atoms with van der Waals surface area (Å²) >= 11 is 0. The molecule has 1 fully saturated rings. The van der Waals surface area contributed by atoms with E-state index in [2.05, 4.69) is 18.7 Å². The van der Waals surface area contributed by atoms with Crippen LogP contribution in [0.4, 0.5) is 4.39 Å². The molecule has 2 nitrogen and oxygen atoms in total. The molecular formula is C16H22FNO. The summed E-state index contributed by atoms with van der Waals surface area (Å²) < 4.78 is 12.8. The molecule has 1 aliphatic rings.